The van der Waals surface area contributed by atoms with Crippen LogP contribution in [0, 0.1) is 13.8 Å². The number of carbonyl (C=O) groups is 1. The van der Waals surface area contributed by atoms with Crippen molar-refractivity contribution in [2.24, 2.45) is 0 Å². The fraction of sp³-hybridized carbons (Fsp3) is 0.438. The molecule has 1 unspecified atom stereocenters. The molecule has 3 rings (SSSR count). The quantitative estimate of drug-likeness (QED) is 0.793. The molecule has 1 aromatic carbocycles. The first-order valence-corrected chi connectivity index (χ1v) is 10.7. The predicted molar refractivity (Wildman–Crippen MR) is 95.6 cm³/mol. The molecule has 1 N–H and O–H groups in total. The van der Waals surface area contributed by atoms with Crippen LogP contribution < -0.4 is 5.32 Å². The third kappa shape index (κ3) is 4.60. The van der Waals surface area contributed by atoms with Crippen molar-refractivity contribution in [1.29, 1.82) is 0 Å². The van der Waals surface area contributed by atoms with Crippen LogP contribution in [0.5, 0.6) is 0 Å². The van der Waals surface area contributed by atoms with Crippen molar-refractivity contribution in [1.82, 2.24) is 10.2 Å². The minimum Gasteiger partial charge on any atom is -0.416 e. The maximum absolute atomic E-state index is 12.0. The van der Waals surface area contributed by atoms with E-state index in [0.717, 1.165) is 23.0 Å². The van der Waals surface area contributed by atoms with Crippen molar-refractivity contribution in [3.05, 3.63) is 35.2 Å². The summed E-state index contributed by atoms with van der Waals surface area (Å²) in [4.78, 5) is 12.0. The summed E-state index contributed by atoms with van der Waals surface area (Å²) in [5.74, 6) is 0.260. The topological polar surface area (TPSA) is 102 Å². The first kappa shape index (κ1) is 17.9. The maximum atomic E-state index is 12.0. The van der Waals surface area contributed by atoms with Crippen LogP contribution in [0.1, 0.15) is 29.4 Å². The molecule has 2 heterocycles. The van der Waals surface area contributed by atoms with Crippen LogP contribution >= 0.6 is 11.8 Å². The number of hydrogen-bond acceptors (Lipinski definition) is 7. The van der Waals surface area contributed by atoms with Gasteiger partial charge in [-0.2, -0.15) is 0 Å². The largest absolute Gasteiger partial charge is 0.416 e. The number of carbonyl (C=O) groups excluding carboxylic acids is 1. The molecule has 1 amide bonds. The number of rotatable bonds is 5. The summed E-state index contributed by atoms with van der Waals surface area (Å²) in [6.45, 7) is 4.00. The summed E-state index contributed by atoms with van der Waals surface area (Å²) in [6.07, 6.45) is 0.502. The maximum Gasteiger partial charge on any atom is 0.277 e. The summed E-state index contributed by atoms with van der Waals surface area (Å²) in [5, 5.41) is 10.9. The molecule has 1 atom stereocenters. The van der Waals surface area contributed by atoms with E-state index in [4.69, 9.17) is 4.42 Å². The summed E-state index contributed by atoms with van der Waals surface area (Å²) < 4.78 is 28.5. The molecular weight excluding hydrogens is 362 g/mol. The lowest BCUT2D eigenvalue weighted by atomic mass is 10.1. The number of nitrogens with one attached hydrogen (secondary N) is 1. The third-order valence-electron chi connectivity index (χ3n) is 4.12. The van der Waals surface area contributed by atoms with E-state index >= 15 is 0 Å². The molecule has 0 saturated carbocycles. The normalized spacial score (nSPS) is 19.0. The van der Waals surface area contributed by atoms with Gasteiger partial charge < -0.3 is 9.73 Å². The molecule has 0 radical (unpaired) electrons. The summed E-state index contributed by atoms with van der Waals surface area (Å²) in [7, 11) is -3.00. The van der Waals surface area contributed by atoms with E-state index in [1.165, 1.54) is 5.56 Å². The zero-order valence-electron chi connectivity index (χ0n) is 14.0. The molecule has 7 nitrogen and oxygen atoms in total. The van der Waals surface area contributed by atoms with E-state index in [9.17, 15) is 13.2 Å². The van der Waals surface area contributed by atoms with Crippen LogP contribution in [-0.4, -0.2) is 41.8 Å². The Morgan fingerprint density at radius 3 is 2.80 bits per heavy atom. The average molecular weight is 381 g/mol. The lowest BCUT2D eigenvalue weighted by Gasteiger charge is -2.06. The molecule has 1 fully saturated rings. The highest BCUT2D eigenvalue weighted by atomic mass is 32.2. The van der Waals surface area contributed by atoms with Crippen LogP contribution in [0.25, 0.3) is 0 Å². The van der Waals surface area contributed by atoms with Crippen molar-refractivity contribution in [3.63, 3.8) is 0 Å². The lowest BCUT2D eigenvalue weighted by Crippen LogP contribution is -2.14. The molecule has 1 aliphatic heterocycles. The van der Waals surface area contributed by atoms with Gasteiger partial charge in [0, 0.05) is 5.69 Å². The van der Waals surface area contributed by atoms with Crippen molar-refractivity contribution in [2.45, 2.75) is 31.4 Å². The van der Waals surface area contributed by atoms with E-state index < -0.39 is 9.84 Å². The van der Waals surface area contributed by atoms with E-state index in [0.29, 0.717) is 12.3 Å². The third-order valence-corrected chi connectivity index (χ3v) is 6.71. The molecule has 1 aliphatic rings. The molecule has 1 aromatic heterocycles. The summed E-state index contributed by atoms with van der Waals surface area (Å²) >= 11 is 1.13. The van der Waals surface area contributed by atoms with Crippen molar-refractivity contribution in [3.8, 4) is 0 Å². The number of aryl methyl sites for hydroxylation is 2. The van der Waals surface area contributed by atoms with Crippen LogP contribution in [0.15, 0.2) is 27.8 Å². The summed E-state index contributed by atoms with van der Waals surface area (Å²) in [5.41, 5.74) is 3.02. The number of amides is 1. The molecule has 25 heavy (non-hydrogen) atoms. The molecule has 2 aromatic rings. The Bertz CT molecular complexity index is 893. The van der Waals surface area contributed by atoms with Crippen molar-refractivity contribution >= 4 is 33.2 Å². The second kappa shape index (κ2) is 7.17. The Labute approximate surface area is 150 Å². The smallest absolute Gasteiger partial charge is 0.277 e. The SMILES string of the molecule is Cc1ccc(NC(=O)CSc2nnc(C3CCS(=O)(=O)C3)o2)cc1C. The summed E-state index contributed by atoms with van der Waals surface area (Å²) in [6, 6.07) is 5.73. The number of hydrogen-bond donors (Lipinski definition) is 1. The Balaban J connectivity index is 1.53. The van der Waals surface area contributed by atoms with Gasteiger partial charge >= 0.3 is 0 Å². The van der Waals surface area contributed by atoms with E-state index in [2.05, 4.69) is 15.5 Å². The van der Waals surface area contributed by atoms with Crippen molar-refractivity contribution in [2.75, 3.05) is 22.6 Å². The molecule has 9 heteroatoms. The second-order valence-electron chi connectivity index (χ2n) is 6.14. The van der Waals surface area contributed by atoms with E-state index in [1.54, 1.807) is 0 Å². The Morgan fingerprint density at radius 1 is 1.32 bits per heavy atom. The lowest BCUT2D eigenvalue weighted by molar-refractivity contribution is -0.113. The number of nitrogens with zero attached hydrogens (tertiary/aromatic N) is 2. The van der Waals surface area contributed by atoms with Gasteiger partial charge in [-0.05, 0) is 43.5 Å². The number of sulfone groups is 1. The van der Waals surface area contributed by atoms with Gasteiger partial charge in [0.2, 0.25) is 11.8 Å². The highest BCUT2D eigenvalue weighted by Gasteiger charge is 2.32. The molecule has 0 spiro atoms. The van der Waals surface area contributed by atoms with Crippen LogP contribution in [-0.2, 0) is 14.6 Å². The van der Waals surface area contributed by atoms with Gasteiger partial charge in [0.15, 0.2) is 9.84 Å². The van der Waals surface area contributed by atoms with Gasteiger partial charge in [-0.15, -0.1) is 10.2 Å². The first-order chi connectivity index (χ1) is 11.8. The van der Waals surface area contributed by atoms with Gasteiger partial charge in [-0.25, -0.2) is 8.42 Å². The molecule has 0 aliphatic carbocycles. The second-order valence-corrected chi connectivity index (χ2v) is 9.30. The Morgan fingerprint density at radius 2 is 2.12 bits per heavy atom. The van der Waals surface area contributed by atoms with E-state index in [-0.39, 0.29) is 34.3 Å². The van der Waals surface area contributed by atoms with Gasteiger partial charge in [0.05, 0.1) is 23.2 Å². The Kier molecular flexibility index (Phi) is 5.14. The number of thioether (sulfide) groups is 1. The van der Waals surface area contributed by atoms with E-state index in [1.807, 2.05) is 32.0 Å². The van der Waals surface area contributed by atoms with Crippen molar-refractivity contribution < 1.29 is 17.6 Å². The fourth-order valence-corrected chi connectivity index (χ4v) is 4.88. The standard InChI is InChI=1S/C16H19N3O4S2/c1-10-3-4-13(7-11(10)2)17-14(20)8-24-16-19-18-15(23-16)12-5-6-25(21,22)9-12/h3-4,7,12H,5-6,8-9H2,1-2H3,(H,17,20). The number of aromatic nitrogens is 2. The number of benzene rings is 1. The minimum atomic E-state index is -3.00. The van der Waals surface area contributed by atoms with Gasteiger partial charge in [0.25, 0.3) is 5.22 Å². The molecular formula is C16H19N3O4S2. The zero-order valence-corrected chi connectivity index (χ0v) is 15.6. The van der Waals surface area contributed by atoms with Crippen LogP contribution in [0.2, 0.25) is 0 Å². The molecule has 1 saturated heterocycles. The van der Waals surface area contributed by atoms with Crippen LogP contribution in [0.4, 0.5) is 5.69 Å². The van der Waals surface area contributed by atoms with Gasteiger partial charge in [-0.1, -0.05) is 17.8 Å². The fourth-order valence-electron chi connectivity index (χ4n) is 2.58. The number of anilines is 1. The molecule has 0 bridgehead atoms. The minimum absolute atomic E-state index is 0.0482. The monoisotopic (exact) mass is 381 g/mol. The highest BCUT2D eigenvalue weighted by molar-refractivity contribution is 7.99. The first-order valence-electron chi connectivity index (χ1n) is 7.86. The average Bonchev–Trinajstić information content (AvgIpc) is 3.15. The van der Waals surface area contributed by atoms with Gasteiger partial charge in [-0.3, -0.25) is 4.79 Å². The Hall–Kier alpha value is -1.87. The van der Waals surface area contributed by atoms with Gasteiger partial charge in [0.1, 0.15) is 0 Å². The zero-order chi connectivity index (χ0) is 18.0. The molecule has 134 valence electrons. The highest BCUT2D eigenvalue weighted by Crippen LogP contribution is 2.29. The van der Waals surface area contributed by atoms with Crippen LogP contribution in [0.3, 0.4) is 0 Å². The predicted octanol–water partition coefficient (Wildman–Crippen LogP) is 2.32.